The summed E-state index contributed by atoms with van der Waals surface area (Å²) in [6.07, 6.45) is 5.40. The van der Waals surface area contributed by atoms with E-state index in [4.69, 9.17) is 5.73 Å². The molecule has 2 N–H and O–H groups in total. The summed E-state index contributed by atoms with van der Waals surface area (Å²) >= 11 is 0. The largest absolute Gasteiger partial charge is 0.399 e. The van der Waals surface area contributed by atoms with E-state index in [1.165, 1.54) is 44.3 Å². The van der Waals surface area contributed by atoms with Gasteiger partial charge in [0.1, 0.15) is 0 Å². The van der Waals surface area contributed by atoms with Gasteiger partial charge in [0.25, 0.3) is 0 Å². The molecule has 2 atom stereocenters. The summed E-state index contributed by atoms with van der Waals surface area (Å²) in [5.41, 5.74) is 8.00. The Morgan fingerprint density at radius 2 is 2.00 bits per heavy atom. The summed E-state index contributed by atoms with van der Waals surface area (Å²) in [4.78, 5) is 2.65. The fraction of sp³-hybridized carbons (Fsp3) is 0.625. The van der Waals surface area contributed by atoms with Crippen LogP contribution in [0.3, 0.4) is 0 Å². The van der Waals surface area contributed by atoms with Gasteiger partial charge in [-0.3, -0.25) is 0 Å². The Morgan fingerprint density at radius 3 is 2.67 bits per heavy atom. The summed E-state index contributed by atoms with van der Waals surface area (Å²) in [6, 6.07) is 9.13. The molecule has 1 aliphatic heterocycles. The van der Waals surface area contributed by atoms with E-state index in [2.05, 4.69) is 30.9 Å². The predicted octanol–water partition coefficient (Wildman–Crippen LogP) is 3.64. The first kappa shape index (κ1) is 13.4. The molecule has 18 heavy (non-hydrogen) atoms. The highest BCUT2D eigenvalue weighted by Gasteiger charge is 2.18. The van der Waals surface area contributed by atoms with Crippen molar-refractivity contribution in [3.8, 4) is 0 Å². The minimum absolute atomic E-state index is 0.625. The maximum atomic E-state index is 5.73. The molecule has 1 saturated heterocycles. The topological polar surface area (TPSA) is 29.3 Å². The van der Waals surface area contributed by atoms with Crippen molar-refractivity contribution in [2.24, 2.45) is 0 Å². The molecule has 100 valence electrons. The first-order valence-electron chi connectivity index (χ1n) is 7.26. The molecule has 0 bridgehead atoms. The number of likely N-dealkylation sites (tertiary alicyclic amines) is 1. The van der Waals surface area contributed by atoms with Crippen LogP contribution in [0.1, 0.15) is 51.0 Å². The molecular formula is C16H26N2. The van der Waals surface area contributed by atoms with Gasteiger partial charge in [-0.2, -0.15) is 0 Å². The van der Waals surface area contributed by atoms with Gasteiger partial charge in [0.05, 0.1) is 0 Å². The average molecular weight is 246 g/mol. The van der Waals surface area contributed by atoms with E-state index in [-0.39, 0.29) is 0 Å². The minimum Gasteiger partial charge on any atom is -0.399 e. The zero-order chi connectivity index (χ0) is 13.0. The van der Waals surface area contributed by atoms with Crippen molar-refractivity contribution < 1.29 is 0 Å². The molecule has 0 saturated carbocycles. The zero-order valence-corrected chi connectivity index (χ0v) is 11.7. The second-order valence-corrected chi connectivity index (χ2v) is 5.74. The van der Waals surface area contributed by atoms with Crippen LogP contribution in [-0.4, -0.2) is 24.0 Å². The van der Waals surface area contributed by atoms with Crippen LogP contribution in [-0.2, 0) is 0 Å². The SMILES string of the molecule is CC(CCN1CCCCC1C)c1ccc(N)cc1. The molecule has 0 aromatic heterocycles. The number of nitrogens with zero attached hydrogens (tertiary/aromatic N) is 1. The maximum Gasteiger partial charge on any atom is 0.0314 e. The van der Waals surface area contributed by atoms with Gasteiger partial charge in [-0.25, -0.2) is 0 Å². The number of nitrogens with two attached hydrogens (primary N) is 1. The Labute approximate surface area is 111 Å². The molecule has 1 aliphatic rings. The Hall–Kier alpha value is -1.02. The van der Waals surface area contributed by atoms with Gasteiger partial charge in [0.2, 0.25) is 0 Å². The van der Waals surface area contributed by atoms with Crippen LogP contribution in [0.15, 0.2) is 24.3 Å². The Bertz CT molecular complexity index is 358. The third-order valence-corrected chi connectivity index (χ3v) is 4.30. The molecule has 0 amide bonds. The van der Waals surface area contributed by atoms with Gasteiger partial charge in [0.15, 0.2) is 0 Å². The fourth-order valence-corrected chi connectivity index (χ4v) is 2.84. The molecule has 0 spiro atoms. The lowest BCUT2D eigenvalue weighted by molar-refractivity contribution is 0.156. The number of rotatable bonds is 4. The molecule has 0 aliphatic carbocycles. The lowest BCUT2D eigenvalue weighted by Gasteiger charge is -2.34. The zero-order valence-electron chi connectivity index (χ0n) is 11.7. The van der Waals surface area contributed by atoms with E-state index in [1.807, 2.05) is 12.1 Å². The number of hydrogen-bond donors (Lipinski definition) is 1. The summed E-state index contributed by atoms with van der Waals surface area (Å²) in [7, 11) is 0. The Balaban J connectivity index is 1.83. The van der Waals surface area contributed by atoms with Crippen LogP contribution in [0.25, 0.3) is 0 Å². The lowest BCUT2D eigenvalue weighted by atomic mass is 9.96. The molecule has 1 fully saturated rings. The quantitative estimate of drug-likeness (QED) is 0.822. The number of benzene rings is 1. The predicted molar refractivity (Wildman–Crippen MR) is 78.8 cm³/mol. The summed E-state index contributed by atoms with van der Waals surface area (Å²) < 4.78 is 0. The van der Waals surface area contributed by atoms with Gasteiger partial charge in [-0.1, -0.05) is 25.5 Å². The lowest BCUT2D eigenvalue weighted by Crippen LogP contribution is -2.38. The van der Waals surface area contributed by atoms with Crippen LogP contribution in [0, 0.1) is 0 Å². The molecule has 1 aromatic rings. The molecule has 0 radical (unpaired) electrons. The first-order chi connectivity index (χ1) is 8.66. The van der Waals surface area contributed by atoms with Gasteiger partial charge >= 0.3 is 0 Å². The first-order valence-corrected chi connectivity index (χ1v) is 7.26. The van der Waals surface area contributed by atoms with Crippen LogP contribution in [0.2, 0.25) is 0 Å². The van der Waals surface area contributed by atoms with Crippen molar-refractivity contribution >= 4 is 5.69 Å². The summed E-state index contributed by atoms with van der Waals surface area (Å²) in [5, 5.41) is 0. The van der Waals surface area contributed by atoms with Crippen LogP contribution >= 0.6 is 0 Å². The molecule has 2 heteroatoms. The van der Waals surface area contributed by atoms with Crippen molar-refractivity contribution in [2.75, 3.05) is 18.8 Å². The van der Waals surface area contributed by atoms with Crippen molar-refractivity contribution in [1.29, 1.82) is 0 Å². The van der Waals surface area contributed by atoms with Crippen LogP contribution < -0.4 is 5.73 Å². The van der Waals surface area contributed by atoms with E-state index < -0.39 is 0 Å². The van der Waals surface area contributed by atoms with Crippen molar-refractivity contribution in [1.82, 2.24) is 4.90 Å². The second-order valence-electron chi connectivity index (χ2n) is 5.74. The maximum absolute atomic E-state index is 5.73. The average Bonchev–Trinajstić information content (AvgIpc) is 2.38. The van der Waals surface area contributed by atoms with E-state index in [0.717, 1.165) is 11.7 Å². The Kier molecular flexibility index (Phi) is 4.65. The van der Waals surface area contributed by atoms with Crippen LogP contribution in [0.4, 0.5) is 5.69 Å². The van der Waals surface area contributed by atoms with Crippen molar-refractivity contribution in [3.63, 3.8) is 0 Å². The number of anilines is 1. The van der Waals surface area contributed by atoms with E-state index in [0.29, 0.717) is 5.92 Å². The summed E-state index contributed by atoms with van der Waals surface area (Å²) in [5.74, 6) is 0.625. The van der Waals surface area contributed by atoms with E-state index in [9.17, 15) is 0 Å². The molecule has 1 aromatic carbocycles. The van der Waals surface area contributed by atoms with Gasteiger partial charge in [-0.05, 0) is 62.9 Å². The van der Waals surface area contributed by atoms with Gasteiger partial charge in [0, 0.05) is 11.7 Å². The van der Waals surface area contributed by atoms with Crippen LogP contribution in [0.5, 0.6) is 0 Å². The highest BCUT2D eigenvalue weighted by Crippen LogP contribution is 2.23. The van der Waals surface area contributed by atoms with Crippen molar-refractivity contribution in [3.05, 3.63) is 29.8 Å². The van der Waals surface area contributed by atoms with Crippen molar-refractivity contribution in [2.45, 2.75) is 51.5 Å². The molecular weight excluding hydrogens is 220 g/mol. The normalized spacial score (nSPS) is 22.9. The second kappa shape index (κ2) is 6.24. The summed E-state index contributed by atoms with van der Waals surface area (Å²) in [6.45, 7) is 7.20. The number of hydrogen-bond acceptors (Lipinski definition) is 2. The highest BCUT2D eigenvalue weighted by molar-refractivity contribution is 5.40. The van der Waals surface area contributed by atoms with Gasteiger partial charge < -0.3 is 10.6 Å². The standard InChI is InChI=1S/C16H26N2/c1-13(15-6-8-16(17)9-7-15)10-12-18-11-4-3-5-14(18)2/h6-9,13-14H,3-5,10-12,17H2,1-2H3. The molecule has 2 nitrogen and oxygen atoms in total. The van der Waals surface area contributed by atoms with E-state index >= 15 is 0 Å². The molecule has 2 rings (SSSR count). The number of nitrogen functional groups attached to an aromatic ring is 1. The smallest absolute Gasteiger partial charge is 0.0314 e. The fourth-order valence-electron chi connectivity index (χ4n) is 2.84. The Morgan fingerprint density at radius 1 is 1.28 bits per heavy atom. The third-order valence-electron chi connectivity index (χ3n) is 4.30. The van der Waals surface area contributed by atoms with E-state index in [1.54, 1.807) is 0 Å². The molecule has 2 unspecified atom stereocenters. The third kappa shape index (κ3) is 3.49. The van der Waals surface area contributed by atoms with Gasteiger partial charge in [-0.15, -0.1) is 0 Å². The highest BCUT2D eigenvalue weighted by atomic mass is 15.2. The monoisotopic (exact) mass is 246 g/mol. The minimum atomic E-state index is 0.625. The molecule has 1 heterocycles. The number of piperidine rings is 1.